The zero-order valence-electron chi connectivity index (χ0n) is 11.3. The number of sulfone groups is 1. The highest BCUT2D eigenvalue weighted by Gasteiger charge is 2.20. The lowest BCUT2D eigenvalue weighted by Gasteiger charge is -2.34. The van der Waals surface area contributed by atoms with Crippen molar-refractivity contribution in [1.82, 2.24) is 5.32 Å². The van der Waals surface area contributed by atoms with E-state index >= 15 is 0 Å². The summed E-state index contributed by atoms with van der Waals surface area (Å²) in [5.74, 6) is 0. The van der Waals surface area contributed by atoms with Crippen LogP contribution in [0.15, 0.2) is 29.2 Å². The minimum Gasteiger partial charge on any atom is -0.373 e. The number of anilines is 1. The predicted octanol–water partition coefficient (Wildman–Crippen LogP) is 0.515. The average Bonchev–Trinajstić information content (AvgIpc) is 2.39. The van der Waals surface area contributed by atoms with Crippen molar-refractivity contribution in [3.8, 4) is 0 Å². The Bertz CT molecular complexity index is 511. The highest BCUT2D eigenvalue weighted by atomic mass is 32.2. The maximum atomic E-state index is 11.4. The Morgan fingerprint density at radius 2 is 2.05 bits per heavy atom. The van der Waals surface area contributed by atoms with Gasteiger partial charge in [0, 0.05) is 31.6 Å². The first-order chi connectivity index (χ1) is 9.00. The third kappa shape index (κ3) is 3.68. The Kier molecular flexibility index (Phi) is 4.44. The van der Waals surface area contributed by atoms with Gasteiger partial charge in [-0.15, -0.1) is 0 Å². The molecule has 1 saturated heterocycles. The number of hydrogen-bond acceptors (Lipinski definition) is 5. The Balaban J connectivity index is 2.09. The van der Waals surface area contributed by atoms with E-state index in [4.69, 9.17) is 4.74 Å². The maximum absolute atomic E-state index is 11.4. The van der Waals surface area contributed by atoms with E-state index in [0.717, 1.165) is 25.3 Å². The SMILES string of the molecule is CNCC1CN(c2ccc(S(C)(=O)=O)cc2)CCO1. The molecule has 1 atom stereocenters. The number of ether oxygens (including phenoxy) is 1. The van der Waals surface area contributed by atoms with Crippen molar-refractivity contribution in [2.75, 3.05) is 44.4 Å². The molecule has 0 bridgehead atoms. The fourth-order valence-electron chi connectivity index (χ4n) is 2.21. The monoisotopic (exact) mass is 284 g/mol. The van der Waals surface area contributed by atoms with Gasteiger partial charge in [0.2, 0.25) is 0 Å². The van der Waals surface area contributed by atoms with Gasteiger partial charge in [-0.2, -0.15) is 0 Å². The van der Waals surface area contributed by atoms with Gasteiger partial charge in [0.1, 0.15) is 0 Å². The minimum absolute atomic E-state index is 0.174. The number of hydrogen-bond donors (Lipinski definition) is 1. The van der Waals surface area contributed by atoms with Crippen LogP contribution < -0.4 is 10.2 Å². The number of rotatable bonds is 4. The van der Waals surface area contributed by atoms with Crippen molar-refractivity contribution in [1.29, 1.82) is 0 Å². The molecule has 106 valence electrons. The summed E-state index contributed by atoms with van der Waals surface area (Å²) in [6, 6.07) is 7.04. The van der Waals surface area contributed by atoms with E-state index in [1.54, 1.807) is 12.1 Å². The maximum Gasteiger partial charge on any atom is 0.175 e. The molecule has 2 rings (SSSR count). The molecule has 1 fully saturated rings. The Labute approximate surface area is 114 Å². The molecular formula is C13H20N2O3S. The van der Waals surface area contributed by atoms with Gasteiger partial charge in [0.05, 0.1) is 17.6 Å². The zero-order valence-corrected chi connectivity index (χ0v) is 12.1. The van der Waals surface area contributed by atoms with Crippen molar-refractivity contribution in [3.05, 3.63) is 24.3 Å². The van der Waals surface area contributed by atoms with Crippen LogP contribution in [-0.2, 0) is 14.6 Å². The second-order valence-corrected chi connectivity index (χ2v) is 6.78. The summed E-state index contributed by atoms with van der Waals surface area (Å²) in [4.78, 5) is 2.58. The average molecular weight is 284 g/mol. The van der Waals surface area contributed by atoms with E-state index in [1.807, 2.05) is 19.2 Å². The second kappa shape index (κ2) is 5.90. The third-order valence-electron chi connectivity index (χ3n) is 3.20. The molecule has 0 aliphatic carbocycles. The lowest BCUT2D eigenvalue weighted by Crippen LogP contribution is -2.46. The smallest absolute Gasteiger partial charge is 0.175 e. The first kappa shape index (κ1) is 14.3. The number of likely N-dealkylation sites (N-methyl/N-ethyl adjacent to an activating group) is 1. The molecule has 1 N–H and O–H groups in total. The fraction of sp³-hybridized carbons (Fsp3) is 0.538. The van der Waals surface area contributed by atoms with Crippen molar-refractivity contribution >= 4 is 15.5 Å². The number of benzene rings is 1. The van der Waals surface area contributed by atoms with E-state index in [2.05, 4.69) is 10.2 Å². The lowest BCUT2D eigenvalue weighted by atomic mass is 10.2. The Morgan fingerprint density at radius 3 is 2.63 bits per heavy atom. The van der Waals surface area contributed by atoms with E-state index < -0.39 is 9.84 Å². The first-order valence-corrected chi connectivity index (χ1v) is 8.21. The van der Waals surface area contributed by atoms with Crippen molar-refractivity contribution < 1.29 is 13.2 Å². The quantitative estimate of drug-likeness (QED) is 0.873. The molecule has 1 aromatic carbocycles. The van der Waals surface area contributed by atoms with E-state index in [0.29, 0.717) is 11.5 Å². The molecule has 1 aromatic rings. The molecule has 1 aliphatic rings. The molecule has 0 radical (unpaired) electrons. The molecule has 1 unspecified atom stereocenters. The van der Waals surface area contributed by atoms with Crippen LogP contribution in [-0.4, -0.2) is 54.1 Å². The van der Waals surface area contributed by atoms with Crippen LogP contribution in [0.3, 0.4) is 0 Å². The second-order valence-electron chi connectivity index (χ2n) is 4.76. The van der Waals surface area contributed by atoms with Crippen LogP contribution in [0.4, 0.5) is 5.69 Å². The standard InChI is InChI=1S/C13H20N2O3S/c1-14-9-12-10-15(7-8-18-12)11-3-5-13(6-4-11)19(2,16)17/h3-6,12,14H,7-10H2,1-2H3. The molecule has 0 saturated carbocycles. The molecule has 0 amide bonds. The van der Waals surface area contributed by atoms with Crippen LogP contribution in [0.1, 0.15) is 0 Å². The van der Waals surface area contributed by atoms with Crippen molar-refractivity contribution in [2.45, 2.75) is 11.0 Å². The fourth-order valence-corrected chi connectivity index (χ4v) is 2.84. The summed E-state index contributed by atoms with van der Waals surface area (Å²) in [6.45, 7) is 3.16. The van der Waals surface area contributed by atoms with Crippen molar-refractivity contribution in [2.24, 2.45) is 0 Å². The third-order valence-corrected chi connectivity index (χ3v) is 4.33. The first-order valence-electron chi connectivity index (χ1n) is 6.32. The van der Waals surface area contributed by atoms with Crippen LogP contribution in [0, 0.1) is 0 Å². The van der Waals surface area contributed by atoms with E-state index in [9.17, 15) is 8.42 Å². The summed E-state index contributed by atoms with van der Waals surface area (Å²) in [5, 5.41) is 3.11. The molecule has 6 heteroatoms. The van der Waals surface area contributed by atoms with Gasteiger partial charge in [0.15, 0.2) is 9.84 Å². The van der Waals surface area contributed by atoms with Crippen LogP contribution >= 0.6 is 0 Å². The van der Waals surface area contributed by atoms with Gasteiger partial charge in [0.25, 0.3) is 0 Å². The highest BCUT2D eigenvalue weighted by Crippen LogP contribution is 2.20. The van der Waals surface area contributed by atoms with Gasteiger partial charge >= 0.3 is 0 Å². The van der Waals surface area contributed by atoms with Crippen molar-refractivity contribution in [3.63, 3.8) is 0 Å². The number of nitrogens with zero attached hydrogens (tertiary/aromatic N) is 1. The van der Waals surface area contributed by atoms with Crippen LogP contribution in [0.2, 0.25) is 0 Å². The largest absolute Gasteiger partial charge is 0.373 e. The molecule has 1 heterocycles. The van der Waals surface area contributed by atoms with Gasteiger partial charge < -0.3 is 15.0 Å². The topological polar surface area (TPSA) is 58.6 Å². The zero-order chi connectivity index (χ0) is 13.9. The van der Waals surface area contributed by atoms with Crippen LogP contribution in [0.5, 0.6) is 0 Å². The molecule has 0 spiro atoms. The Hall–Kier alpha value is -1.11. The summed E-state index contributed by atoms with van der Waals surface area (Å²) < 4.78 is 28.5. The normalized spacial score (nSPS) is 20.5. The predicted molar refractivity (Wildman–Crippen MR) is 75.4 cm³/mol. The molecule has 19 heavy (non-hydrogen) atoms. The summed E-state index contributed by atoms with van der Waals surface area (Å²) in [5.41, 5.74) is 1.04. The molecule has 0 aromatic heterocycles. The summed E-state index contributed by atoms with van der Waals surface area (Å²) in [7, 11) is -1.22. The van der Waals surface area contributed by atoms with E-state index in [-0.39, 0.29) is 6.10 Å². The van der Waals surface area contributed by atoms with Gasteiger partial charge in [-0.25, -0.2) is 8.42 Å². The van der Waals surface area contributed by atoms with Gasteiger partial charge in [-0.3, -0.25) is 0 Å². The minimum atomic E-state index is -3.12. The number of morpholine rings is 1. The lowest BCUT2D eigenvalue weighted by molar-refractivity contribution is 0.0422. The molecule has 5 nitrogen and oxygen atoms in total. The van der Waals surface area contributed by atoms with E-state index in [1.165, 1.54) is 6.26 Å². The summed E-state index contributed by atoms with van der Waals surface area (Å²) >= 11 is 0. The van der Waals surface area contributed by atoms with Gasteiger partial charge in [-0.05, 0) is 31.3 Å². The van der Waals surface area contributed by atoms with Gasteiger partial charge in [-0.1, -0.05) is 0 Å². The summed E-state index contributed by atoms with van der Waals surface area (Å²) in [6.07, 6.45) is 1.40. The number of nitrogens with one attached hydrogen (secondary N) is 1. The Morgan fingerprint density at radius 1 is 1.37 bits per heavy atom. The molecular weight excluding hydrogens is 264 g/mol. The highest BCUT2D eigenvalue weighted by molar-refractivity contribution is 7.90. The molecule has 1 aliphatic heterocycles. The van der Waals surface area contributed by atoms with Crippen LogP contribution in [0.25, 0.3) is 0 Å².